The van der Waals surface area contributed by atoms with Gasteiger partial charge < -0.3 is 14.4 Å². The first-order valence-corrected chi connectivity index (χ1v) is 8.05. The Labute approximate surface area is 139 Å². The minimum atomic E-state index is -4.30. The van der Waals surface area contributed by atoms with Crippen molar-refractivity contribution in [2.75, 3.05) is 27.2 Å². The Morgan fingerprint density at radius 1 is 1.33 bits per heavy atom. The van der Waals surface area contributed by atoms with Gasteiger partial charge in [0.05, 0.1) is 13.0 Å². The topological polar surface area (TPSA) is 54.3 Å². The molecule has 1 fully saturated rings. The first kappa shape index (κ1) is 18.7. The third-order valence-electron chi connectivity index (χ3n) is 4.22. The number of hydrogen-bond donors (Lipinski definition) is 0. The van der Waals surface area contributed by atoms with Crippen LogP contribution in [0.2, 0.25) is 0 Å². The number of carbonyl (C=O) groups is 1. The summed E-state index contributed by atoms with van der Waals surface area (Å²) in [5.41, 5.74) is 0. The highest BCUT2D eigenvalue weighted by Gasteiger charge is 2.32. The summed E-state index contributed by atoms with van der Waals surface area (Å²) in [6.45, 7) is 1.57. The van der Waals surface area contributed by atoms with Crippen molar-refractivity contribution in [1.29, 1.82) is 0 Å². The van der Waals surface area contributed by atoms with Gasteiger partial charge in [-0.05, 0) is 26.9 Å². The number of likely N-dealkylation sites (tertiary alicyclic amines) is 1. The highest BCUT2D eigenvalue weighted by atomic mass is 19.4. The van der Waals surface area contributed by atoms with E-state index >= 15 is 0 Å². The van der Waals surface area contributed by atoms with Crippen LogP contribution in [0, 0.1) is 0 Å². The van der Waals surface area contributed by atoms with E-state index in [1.807, 2.05) is 30.6 Å². The van der Waals surface area contributed by atoms with Gasteiger partial charge >= 0.3 is 6.18 Å². The Balaban J connectivity index is 2.00. The zero-order valence-electron chi connectivity index (χ0n) is 14.3. The van der Waals surface area contributed by atoms with Crippen LogP contribution in [0.1, 0.15) is 43.3 Å². The average molecular weight is 347 g/mol. The van der Waals surface area contributed by atoms with Gasteiger partial charge in [0.2, 0.25) is 5.91 Å². The number of piperidine rings is 1. The minimum Gasteiger partial charge on any atom is -0.342 e. The zero-order valence-corrected chi connectivity index (χ0v) is 14.3. The fourth-order valence-corrected chi connectivity index (χ4v) is 2.97. The van der Waals surface area contributed by atoms with Crippen molar-refractivity contribution in [3.63, 3.8) is 0 Å². The second-order valence-corrected chi connectivity index (χ2v) is 6.57. The molecular weight excluding hydrogens is 323 g/mol. The Kier molecular flexibility index (Phi) is 5.84. The molecule has 6 nitrogen and oxygen atoms in total. The van der Waals surface area contributed by atoms with Crippen LogP contribution in [0.4, 0.5) is 13.2 Å². The second kappa shape index (κ2) is 7.50. The van der Waals surface area contributed by atoms with Crippen LogP contribution >= 0.6 is 0 Å². The van der Waals surface area contributed by atoms with Crippen LogP contribution in [0.25, 0.3) is 0 Å². The number of hydrogen-bond acceptors (Lipinski definition) is 4. The predicted molar refractivity (Wildman–Crippen MR) is 82.2 cm³/mol. The van der Waals surface area contributed by atoms with E-state index in [1.54, 1.807) is 0 Å². The molecule has 0 radical (unpaired) electrons. The standard InChI is InChI=1S/C15H24F3N5O/c1-21(2)10-12-19-20-14(22(12)3)11-5-4-8-23(9-11)13(24)6-7-15(16,17)18/h11H,4-10H2,1-3H3/t11-/m1/s1. The van der Waals surface area contributed by atoms with Gasteiger partial charge in [-0.15, -0.1) is 10.2 Å². The number of aromatic nitrogens is 3. The molecule has 1 saturated heterocycles. The average Bonchev–Trinajstić information content (AvgIpc) is 2.85. The van der Waals surface area contributed by atoms with E-state index in [9.17, 15) is 18.0 Å². The fourth-order valence-electron chi connectivity index (χ4n) is 2.97. The van der Waals surface area contributed by atoms with Crippen molar-refractivity contribution in [1.82, 2.24) is 24.6 Å². The molecule has 0 aromatic carbocycles. The molecule has 2 heterocycles. The van der Waals surface area contributed by atoms with Crippen molar-refractivity contribution in [3.8, 4) is 0 Å². The highest BCUT2D eigenvalue weighted by molar-refractivity contribution is 5.76. The number of amides is 1. The summed E-state index contributed by atoms with van der Waals surface area (Å²) in [6.07, 6.45) is -4.23. The molecule has 0 unspecified atom stereocenters. The summed E-state index contributed by atoms with van der Waals surface area (Å²) in [7, 11) is 5.77. The molecule has 0 spiro atoms. The predicted octanol–water partition coefficient (Wildman–Crippen LogP) is 1.93. The minimum absolute atomic E-state index is 0.0157. The maximum Gasteiger partial charge on any atom is 0.389 e. The van der Waals surface area contributed by atoms with Crippen molar-refractivity contribution < 1.29 is 18.0 Å². The van der Waals surface area contributed by atoms with Gasteiger partial charge in [0.15, 0.2) is 0 Å². The lowest BCUT2D eigenvalue weighted by atomic mass is 9.96. The second-order valence-electron chi connectivity index (χ2n) is 6.57. The van der Waals surface area contributed by atoms with E-state index in [0.717, 1.165) is 24.5 Å². The number of nitrogens with zero attached hydrogens (tertiary/aromatic N) is 5. The summed E-state index contributed by atoms with van der Waals surface area (Å²) in [4.78, 5) is 15.5. The van der Waals surface area contributed by atoms with Crippen LogP contribution < -0.4 is 0 Å². The molecular formula is C15H24F3N5O. The highest BCUT2D eigenvalue weighted by Crippen LogP contribution is 2.27. The Morgan fingerprint density at radius 2 is 2.04 bits per heavy atom. The van der Waals surface area contributed by atoms with Gasteiger partial charge in [-0.1, -0.05) is 0 Å². The van der Waals surface area contributed by atoms with Crippen LogP contribution in [0.15, 0.2) is 0 Å². The Bertz CT molecular complexity index is 570. The largest absolute Gasteiger partial charge is 0.389 e. The molecule has 24 heavy (non-hydrogen) atoms. The molecule has 0 N–H and O–H groups in total. The Hall–Kier alpha value is -1.64. The van der Waals surface area contributed by atoms with Crippen LogP contribution in [-0.2, 0) is 18.4 Å². The number of alkyl halides is 3. The van der Waals surface area contributed by atoms with Gasteiger partial charge in [0.25, 0.3) is 0 Å². The molecule has 1 amide bonds. The zero-order chi connectivity index (χ0) is 17.9. The van der Waals surface area contributed by atoms with E-state index in [1.165, 1.54) is 4.90 Å². The molecule has 1 aliphatic rings. The smallest absolute Gasteiger partial charge is 0.342 e. The third kappa shape index (κ3) is 4.93. The maximum atomic E-state index is 12.3. The van der Waals surface area contributed by atoms with Gasteiger partial charge in [-0.3, -0.25) is 4.79 Å². The van der Waals surface area contributed by atoms with Crippen molar-refractivity contribution in [3.05, 3.63) is 11.6 Å². The Morgan fingerprint density at radius 3 is 2.67 bits per heavy atom. The molecule has 1 atom stereocenters. The molecule has 1 aliphatic heterocycles. The lowest BCUT2D eigenvalue weighted by Crippen LogP contribution is -2.40. The normalized spacial score (nSPS) is 19.1. The van der Waals surface area contributed by atoms with Crippen molar-refractivity contribution in [2.45, 2.75) is 44.3 Å². The number of carbonyl (C=O) groups excluding carboxylic acids is 1. The third-order valence-corrected chi connectivity index (χ3v) is 4.22. The molecule has 1 aromatic rings. The number of halogens is 3. The summed E-state index contributed by atoms with van der Waals surface area (Å²) < 4.78 is 38.8. The lowest BCUT2D eigenvalue weighted by molar-refractivity contribution is -0.149. The maximum absolute atomic E-state index is 12.3. The van der Waals surface area contributed by atoms with Crippen LogP contribution in [-0.4, -0.2) is 63.8 Å². The number of rotatable bonds is 5. The van der Waals surface area contributed by atoms with E-state index < -0.39 is 24.9 Å². The molecule has 0 saturated carbocycles. The van der Waals surface area contributed by atoms with Crippen LogP contribution in [0.3, 0.4) is 0 Å². The summed E-state index contributed by atoms with van der Waals surface area (Å²) in [5, 5.41) is 8.43. The van der Waals surface area contributed by atoms with Gasteiger partial charge in [-0.25, -0.2) is 0 Å². The molecule has 1 aromatic heterocycles. The molecule has 9 heteroatoms. The van der Waals surface area contributed by atoms with Crippen molar-refractivity contribution in [2.24, 2.45) is 7.05 Å². The van der Waals surface area contributed by atoms with Gasteiger partial charge in [0, 0.05) is 32.5 Å². The fraction of sp³-hybridized carbons (Fsp3) is 0.800. The monoisotopic (exact) mass is 347 g/mol. The van der Waals surface area contributed by atoms with E-state index in [2.05, 4.69) is 10.2 Å². The first-order chi connectivity index (χ1) is 11.2. The molecule has 136 valence electrons. The molecule has 2 rings (SSSR count). The summed E-state index contributed by atoms with van der Waals surface area (Å²) in [5.74, 6) is 1.20. The quantitative estimate of drug-likeness (QED) is 0.817. The SMILES string of the molecule is CN(C)Cc1nnc([C@@H]2CCCN(C(=O)CCC(F)(F)F)C2)n1C. The molecule has 0 aliphatic carbocycles. The molecule has 0 bridgehead atoms. The van der Waals surface area contributed by atoms with E-state index in [-0.39, 0.29) is 5.92 Å². The summed E-state index contributed by atoms with van der Waals surface area (Å²) in [6, 6.07) is 0. The first-order valence-electron chi connectivity index (χ1n) is 8.05. The van der Waals surface area contributed by atoms with E-state index in [0.29, 0.717) is 19.6 Å². The van der Waals surface area contributed by atoms with E-state index in [4.69, 9.17) is 0 Å². The summed E-state index contributed by atoms with van der Waals surface area (Å²) >= 11 is 0. The van der Waals surface area contributed by atoms with Crippen LogP contribution in [0.5, 0.6) is 0 Å². The lowest BCUT2D eigenvalue weighted by Gasteiger charge is -2.32. The van der Waals surface area contributed by atoms with Gasteiger partial charge in [0.1, 0.15) is 11.6 Å². The van der Waals surface area contributed by atoms with Crippen molar-refractivity contribution >= 4 is 5.91 Å². The van der Waals surface area contributed by atoms with Gasteiger partial charge in [-0.2, -0.15) is 13.2 Å².